The molecule has 0 spiro atoms. The van der Waals surface area contributed by atoms with Crippen molar-refractivity contribution in [1.82, 2.24) is 0 Å². The van der Waals surface area contributed by atoms with E-state index in [4.69, 9.17) is 5.73 Å². The predicted octanol–water partition coefficient (Wildman–Crippen LogP) is 6.40. The number of nitrogens with zero attached hydrogens (tertiary/aromatic N) is 1. The molecule has 0 saturated heterocycles. The van der Waals surface area contributed by atoms with Crippen LogP contribution in [0.15, 0.2) is 84.9 Å². The Morgan fingerprint density at radius 3 is 2.09 bits per heavy atom. The molecule has 0 radical (unpaired) electrons. The minimum Gasteiger partial charge on any atom is -0.326 e. The summed E-state index contributed by atoms with van der Waals surface area (Å²) in [6, 6.07) is 29.3. The van der Waals surface area contributed by atoms with Crippen LogP contribution >= 0.6 is 0 Å². The highest BCUT2D eigenvalue weighted by Crippen LogP contribution is 2.49. The number of nitrogens with two attached hydrogens (primary N) is 1. The summed E-state index contributed by atoms with van der Waals surface area (Å²) in [6.45, 7) is 0.603. The van der Waals surface area contributed by atoms with Crippen LogP contribution in [0.1, 0.15) is 50.0 Å². The second kappa shape index (κ2) is 9.93. The SMILES string of the molecule is N[C@H](CN(C(=O)[C@@H]1C[C@H]1c1ccccc1)c1ccc(-c2ccccc2)cc1)C1CCCCC1. The number of hydrogen-bond acceptors (Lipinski definition) is 2. The summed E-state index contributed by atoms with van der Waals surface area (Å²) in [5.74, 6) is 1.12. The van der Waals surface area contributed by atoms with E-state index in [1.54, 1.807) is 0 Å². The van der Waals surface area contributed by atoms with Gasteiger partial charge in [0.25, 0.3) is 0 Å². The average molecular weight is 439 g/mol. The van der Waals surface area contributed by atoms with E-state index in [1.807, 2.05) is 17.0 Å². The van der Waals surface area contributed by atoms with E-state index in [1.165, 1.54) is 43.2 Å². The molecule has 2 N–H and O–H groups in total. The maximum atomic E-state index is 13.7. The summed E-state index contributed by atoms with van der Waals surface area (Å²) >= 11 is 0. The van der Waals surface area contributed by atoms with Crippen LogP contribution in [-0.4, -0.2) is 18.5 Å². The van der Waals surface area contributed by atoms with Crippen LogP contribution in [0.4, 0.5) is 5.69 Å². The van der Waals surface area contributed by atoms with Crippen molar-refractivity contribution in [2.75, 3.05) is 11.4 Å². The summed E-state index contributed by atoms with van der Waals surface area (Å²) in [5, 5.41) is 0. The minimum absolute atomic E-state index is 0.0250. The lowest BCUT2D eigenvalue weighted by Gasteiger charge is -2.32. The molecular formula is C30H34N2O. The molecule has 0 heterocycles. The van der Waals surface area contributed by atoms with Gasteiger partial charge in [-0.3, -0.25) is 4.79 Å². The number of hydrogen-bond donors (Lipinski definition) is 1. The third-order valence-corrected chi connectivity index (χ3v) is 7.54. The molecule has 2 aliphatic rings. The van der Waals surface area contributed by atoms with Gasteiger partial charge in [-0.1, -0.05) is 92.1 Å². The Balaban J connectivity index is 1.37. The van der Waals surface area contributed by atoms with Gasteiger partial charge in [-0.2, -0.15) is 0 Å². The lowest BCUT2D eigenvalue weighted by molar-refractivity contribution is -0.120. The number of anilines is 1. The third kappa shape index (κ3) is 5.04. The third-order valence-electron chi connectivity index (χ3n) is 7.54. The summed E-state index contributed by atoms with van der Waals surface area (Å²) < 4.78 is 0. The van der Waals surface area contributed by atoms with Crippen molar-refractivity contribution in [3.8, 4) is 11.1 Å². The van der Waals surface area contributed by atoms with E-state index in [-0.39, 0.29) is 17.9 Å². The van der Waals surface area contributed by atoms with Gasteiger partial charge in [0.05, 0.1) is 0 Å². The van der Waals surface area contributed by atoms with Crippen LogP contribution in [0.5, 0.6) is 0 Å². The Bertz CT molecular complexity index is 1040. The largest absolute Gasteiger partial charge is 0.326 e. The second-order valence-corrected chi connectivity index (χ2v) is 9.78. The standard InChI is InChI=1S/C30H34N2O/c31-29(25-14-8-3-9-15-25)21-32(30(33)28-20-27(28)24-12-6-2-7-13-24)26-18-16-23(17-19-26)22-10-4-1-5-11-22/h1-2,4-7,10-13,16-19,25,27-29H,3,8-9,14-15,20-21,31H2/t27-,28+,29+/m0/s1. The summed E-state index contributed by atoms with van der Waals surface area (Å²) in [5.41, 5.74) is 11.3. The molecule has 2 aliphatic carbocycles. The van der Waals surface area contributed by atoms with Gasteiger partial charge < -0.3 is 10.6 Å². The number of rotatable bonds is 7. The van der Waals surface area contributed by atoms with Crippen molar-refractivity contribution < 1.29 is 4.79 Å². The number of amides is 1. The quantitative estimate of drug-likeness (QED) is 0.464. The van der Waals surface area contributed by atoms with Crippen molar-refractivity contribution in [3.05, 3.63) is 90.5 Å². The summed E-state index contributed by atoms with van der Waals surface area (Å²) in [4.78, 5) is 15.7. The topological polar surface area (TPSA) is 46.3 Å². The lowest BCUT2D eigenvalue weighted by atomic mass is 9.84. The molecule has 2 saturated carbocycles. The monoisotopic (exact) mass is 438 g/mol. The Morgan fingerprint density at radius 1 is 0.818 bits per heavy atom. The molecule has 5 rings (SSSR count). The van der Waals surface area contributed by atoms with Gasteiger partial charge >= 0.3 is 0 Å². The maximum absolute atomic E-state index is 13.7. The van der Waals surface area contributed by atoms with Gasteiger partial charge in [0.2, 0.25) is 5.91 Å². The van der Waals surface area contributed by atoms with Gasteiger partial charge in [-0.05, 0) is 59.9 Å². The van der Waals surface area contributed by atoms with E-state index < -0.39 is 0 Å². The van der Waals surface area contributed by atoms with Crippen LogP contribution in [0, 0.1) is 11.8 Å². The zero-order chi connectivity index (χ0) is 22.6. The normalized spacial score (nSPS) is 21.4. The smallest absolute Gasteiger partial charge is 0.230 e. The van der Waals surface area contributed by atoms with E-state index in [0.29, 0.717) is 18.4 Å². The summed E-state index contributed by atoms with van der Waals surface area (Å²) in [7, 11) is 0. The fraction of sp³-hybridized carbons (Fsp3) is 0.367. The van der Waals surface area contributed by atoms with Crippen molar-refractivity contribution in [3.63, 3.8) is 0 Å². The number of carbonyl (C=O) groups is 1. The van der Waals surface area contributed by atoms with Crippen LogP contribution in [-0.2, 0) is 4.79 Å². The van der Waals surface area contributed by atoms with Gasteiger partial charge in [0.15, 0.2) is 0 Å². The zero-order valence-corrected chi connectivity index (χ0v) is 19.3. The average Bonchev–Trinajstić information content (AvgIpc) is 3.70. The first-order valence-corrected chi connectivity index (χ1v) is 12.5. The molecule has 0 unspecified atom stereocenters. The van der Waals surface area contributed by atoms with E-state index in [0.717, 1.165) is 17.7 Å². The van der Waals surface area contributed by atoms with Gasteiger partial charge in [0, 0.05) is 24.2 Å². The Hall–Kier alpha value is -2.91. The first kappa shape index (κ1) is 21.9. The molecule has 0 bridgehead atoms. The molecule has 170 valence electrons. The van der Waals surface area contributed by atoms with Crippen LogP contribution in [0.2, 0.25) is 0 Å². The fourth-order valence-electron chi connectivity index (χ4n) is 5.45. The van der Waals surface area contributed by atoms with Gasteiger partial charge in [-0.15, -0.1) is 0 Å². The molecule has 2 fully saturated rings. The maximum Gasteiger partial charge on any atom is 0.230 e. The highest BCUT2D eigenvalue weighted by molar-refractivity contribution is 5.97. The van der Waals surface area contributed by atoms with E-state index >= 15 is 0 Å². The number of carbonyl (C=O) groups excluding carboxylic acids is 1. The molecule has 3 heteroatoms. The molecule has 1 amide bonds. The molecule has 33 heavy (non-hydrogen) atoms. The Kier molecular flexibility index (Phi) is 6.59. The Morgan fingerprint density at radius 2 is 1.42 bits per heavy atom. The first-order valence-electron chi connectivity index (χ1n) is 12.5. The van der Waals surface area contributed by atoms with Crippen molar-refractivity contribution in [2.24, 2.45) is 17.6 Å². The van der Waals surface area contributed by atoms with Crippen LogP contribution in [0.3, 0.4) is 0 Å². The summed E-state index contributed by atoms with van der Waals surface area (Å²) in [6.07, 6.45) is 7.14. The predicted molar refractivity (Wildman–Crippen MR) is 136 cm³/mol. The van der Waals surface area contributed by atoms with Crippen molar-refractivity contribution in [1.29, 1.82) is 0 Å². The first-order chi connectivity index (χ1) is 16.2. The van der Waals surface area contributed by atoms with Crippen molar-refractivity contribution >= 4 is 11.6 Å². The van der Waals surface area contributed by atoms with E-state index in [2.05, 4.69) is 72.8 Å². The van der Waals surface area contributed by atoms with Crippen molar-refractivity contribution in [2.45, 2.75) is 50.5 Å². The van der Waals surface area contributed by atoms with Gasteiger partial charge in [0.1, 0.15) is 0 Å². The highest BCUT2D eigenvalue weighted by atomic mass is 16.2. The molecule has 3 aromatic carbocycles. The number of benzene rings is 3. The molecular weight excluding hydrogens is 404 g/mol. The molecule has 0 aromatic heterocycles. The molecule has 0 aliphatic heterocycles. The molecule has 3 aromatic rings. The lowest BCUT2D eigenvalue weighted by Crippen LogP contribution is -2.46. The van der Waals surface area contributed by atoms with E-state index in [9.17, 15) is 4.79 Å². The zero-order valence-electron chi connectivity index (χ0n) is 19.3. The molecule has 3 atom stereocenters. The highest BCUT2D eigenvalue weighted by Gasteiger charge is 2.46. The van der Waals surface area contributed by atoms with Crippen LogP contribution in [0.25, 0.3) is 11.1 Å². The molecule has 3 nitrogen and oxygen atoms in total. The van der Waals surface area contributed by atoms with Gasteiger partial charge in [-0.25, -0.2) is 0 Å². The Labute approximate surface area is 197 Å². The second-order valence-electron chi connectivity index (χ2n) is 9.78. The van der Waals surface area contributed by atoms with Crippen LogP contribution < -0.4 is 10.6 Å². The fourth-order valence-corrected chi connectivity index (χ4v) is 5.45. The minimum atomic E-state index is 0.0250.